The molecule has 8 heteroatoms. The summed E-state index contributed by atoms with van der Waals surface area (Å²) in [6, 6.07) is 5.76. The maximum atomic E-state index is 12.7. The van der Waals surface area contributed by atoms with Crippen molar-refractivity contribution < 1.29 is 9.21 Å². The number of aryl methyl sites for hydroxylation is 1. The van der Waals surface area contributed by atoms with Crippen molar-refractivity contribution in [2.75, 3.05) is 11.1 Å². The highest BCUT2D eigenvalue weighted by Gasteiger charge is 2.17. The summed E-state index contributed by atoms with van der Waals surface area (Å²) in [4.78, 5) is 12.7. The molecule has 150 valence electrons. The first kappa shape index (κ1) is 20.7. The fourth-order valence-electron chi connectivity index (χ4n) is 2.94. The number of hydrogen-bond donors (Lipinski definition) is 1. The van der Waals surface area contributed by atoms with Crippen LogP contribution in [0.25, 0.3) is 0 Å². The lowest BCUT2D eigenvalue weighted by Crippen LogP contribution is -2.08. The second-order valence-electron chi connectivity index (χ2n) is 7.14. The van der Waals surface area contributed by atoms with Crippen molar-refractivity contribution in [1.29, 1.82) is 0 Å². The molecule has 1 N–H and O–H groups in total. The van der Waals surface area contributed by atoms with Gasteiger partial charge < -0.3 is 14.3 Å². The number of thioether (sulfide) groups is 1. The van der Waals surface area contributed by atoms with Crippen LogP contribution in [0.5, 0.6) is 0 Å². The van der Waals surface area contributed by atoms with Crippen molar-refractivity contribution >= 4 is 34.0 Å². The summed E-state index contributed by atoms with van der Waals surface area (Å²) >= 11 is 2.88. The minimum Gasteiger partial charge on any atom is -0.467 e. The maximum absolute atomic E-state index is 12.7. The Morgan fingerprint density at radius 1 is 1.36 bits per heavy atom. The molecule has 28 heavy (non-hydrogen) atoms. The number of aromatic nitrogens is 3. The van der Waals surface area contributed by atoms with E-state index < -0.39 is 0 Å². The van der Waals surface area contributed by atoms with Crippen molar-refractivity contribution in [3.8, 4) is 0 Å². The molecule has 0 saturated carbocycles. The van der Waals surface area contributed by atoms with Crippen LogP contribution in [0.15, 0.2) is 33.2 Å². The Hall–Kier alpha value is -2.06. The molecule has 3 aromatic heterocycles. The van der Waals surface area contributed by atoms with Gasteiger partial charge in [0.05, 0.1) is 18.6 Å². The monoisotopic (exact) mass is 418 g/mol. The molecular weight excluding hydrogens is 392 g/mol. The Labute approximate surface area is 173 Å². The van der Waals surface area contributed by atoms with Crippen LogP contribution >= 0.6 is 23.1 Å². The van der Waals surface area contributed by atoms with Gasteiger partial charge in [-0.25, -0.2) is 0 Å². The van der Waals surface area contributed by atoms with Crippen LogP contribution in [0.2, 0.25) is 0 Å². The van der Waals surface area contributed by atoms with Crippen molar-refractivity contribution in [1.82, 2.24) is 14.8 Å². The van der Waals surface area contributed by atoms with Gasteiger partial charge in [-0.05, 0) is 44.4 Å². The molecule has 0 aliphatic carbocycles. The van der Waals surface area contributed by atoms with E-state index in [9.17, 15) is 4.79 Å². The normalized spacial score (nSPS) is 11.3. The third kappa shape index (κ3) is 5.26. The molecular formula is C20H26N4O2S2. The predicted molar refractivity (Wildman–Crippen MR) is 114 cm³/mol. The molecule has 3 rings (SSSR count). The number of ketones is 1. The van der Waals surface area contributed by atoms with Gasteiger partial charge >= 0.3 is 0 Å². The lowest BCUT2D eigenvalue weighted by atomic mass is 10.1. The van der Waals surface area contributed by atoms with Gasteiger partial charge in [0.2, 0.25) is 5.13 Å². The average molecular weight is 419 g/mol. The van der Waals surface area contributed by atoms with E-state index in [2.05, 4.69) is 40.9 Å². The Balaban J connectivity index is 1.55. The molecule has 0 unspecified atom stereocenters. The summed E-state index contributed by atoms with van der Waals surface area (Å²) in [5.74, 6) is 1.98. The maximum Gasteiger partial charge on any atom is 0.206 e. The van der Waals surface area contributed by atoms with Crippen LogP contribution in [-0.2, 0) is 13.1 Å². The zero-order valence-electron chi connectivity index (χ0n) is 16.7. The highest BCUT2D eigenvalue weighted by Crippen LogP contribution is 2.27. The molecule has 0 fully saturated rings. The number of furan rings is 1. The number of rotatable bonds is 10. The van der Waals surface area contributed by atoms with E-state index in [1.165, 1.54) is 23.1 Å². The largest absolute Gasteiger partial charge is 0.467 e. The number of nitrogens with zero attached hydrogens (tertiary/aromatic N) is 3. The Morgan fingerprint density at radius 3 is 2.89 bits per heavy atom. The molecule has 6 nitrogen and oxygen atoms in total. The SMILES string of the molecule is Cc1cc(C(=O)CSc2nnc(NCc3ccco3)s2)c(C)n1CCC(C)C. The lowest BCUT2D eigenvalue weighted by Gasteiger charge is -2.11. The van der Waals surface area contributed by atoms with Gasteiger partial charge in [-0.2, -0.15) is 0 Å². The van der Waals surface area contributed by atoms with Crippen LogP contribution in [0.4, 0.5) is 5.13 Å². The topological polar surface area (TPSA) is 73.0 Å². The molecule has 3 aromatic rings. The van der Waals surface area contributed by atoms with Crippen molar-refractivity contribution in [2.45, 2.75) is 51.5 Å². The predicted octanol–water partition coefficient (Wildman–Crippen LogP) is 5.18. The first-order valence-electron chi connectivity index (χ1n) is 9.36. The average Bonchev–Trinajstić information content (AvgIpc) is 3.38. The van der Waals surface area contributed by atoms with Crippen LogP contribution < -0.4 is 5.32 Å². The summed E-state index contributed by atoms with van der Waals surface area (Å²) in [6.07, 6.45) is 2.75. The molecule has 0 atom stereocenters. The fraction of sp³-hybridized carbons (Fsp3) is 0.450. The molecule has 0 aliphatic rings. The molecule has 0 amide bonds. The van der Waals surface area contributed by atoms with Crippen LogP contribution in [0, 0.1) is 19.8 Å². The zero-order valence-corrected chi connectivity index (χ0v) is 18.3. The van der Waals surface area contributed by atoms with Gasteiger partial charge in [0, 0.05) is 23.5 Å². The minimum atomic E-state index is 0.134. The summed E-state index contributed by atoms with van der Waals surface area (Å²) in [6.45, 7) is 10.1. The Kier molecular flexibility index (Phi) is 6.96. The molecule has 0 spiro atoms. The second kappa shape index (κ2) is 9.43. The van der Waals surface area contributed by atoms with Gasteiger partial charge in [-0.3, -0.25) is 4.79 Å². The van der Waals surface area contributed by atoms with Crippen LogP contribution in [0.1, 0.15) is 47.8 Å². The molecule has 3 heterocycles. The van der Waals surface area contributed by atoms with Gasteiger partial charge in [-0.15, -0.1) is 10.2 Å². The van der Waals surface area contributed by atoms with Gasteiger partial charge in [0.25, 0.3) is 0 Å². The van der Waals surface area contributed by atoms with E-state index in [0.717, 1.165) is 45.1 Å². The quantitative estimate of drug-likeness (QED) is 0.361. The summed E-state index contributed by atoms with van der Waals surface area (Å²) < 4.78 is 8.32. The second-order valence-corrected chi connectivity index (χ2v) is 9.34. The third-order valence-electron chi connectivity index (χ3n) is 4.53. The van der Waals surface area contributed by atoms with E-state index in [1.54, 1.807) is 6.26 Å². The van der Waals surface area contributed by atoms with Gasteiger partial charge in [0.15, 0.2) is 10.1 Å². The molecule has 0 aliphatic heterocycles. The first-order valence-corrected chi connectivity index (χ1v) is 11.2. The Bertz CT molecular complexity index is 913. The summed E-state index contributed by atoms with van der Waals surface area (Å²) in [5, 5.41) is 12.2. The number of Topliss-reactive ketones (excluding diaryl/α,β-unsaturated/α-hetero) is 1. The van der Waals surface area contributed by atoms with E-state index in [0.29, 0.717) is 18.2 Å². The lowest BCUT2D eigenvalue weighted by molar-refractivity contribution is 0.102. The first-order chi connectivity index (χ1) is 13.4. The van der Waals surface area contributed by atoms with E-state index in [-0.39, 0.29) is 5.78 Å². The number of carbonyl (C=O) groups excluding carboxylic acids is 1. The van der Waals surface area contributed by atoms with Gasteiger partial charge in [0.1, 0.15) is 5.76 Å². The highest BCUT2D eigenvalue weighted by molar-refractivity contribution is 8.01. The molecule has 0 bridgehead atoms. The van der Waals surface area contributed by atoms with E-state index in [1.807, 2.05) is 25.1 Å². The molecule has 0 aromatic carbocycles. The van der Waals surface area contributed by atoms with Crippen LogP contribution in [-0.4, -0.2) is 26.3 Å². The number of hydrogen-bond acceptors (Lipinski definition) is 7. The standard InChI is InChI=1S/C20H26N4O2S2/c1-13(2)7-8-24-14(3)10-17(15(24)4)18(25)12-27-20-23-22-19(28-20)21-11-16-6-5-9-26-16/h5-6,9-10,13H,7-8,11-12H2,1-4H3,(H,21,22). The summed E-state index contributed by atoms with van der Waals surface area (Å²) in [7, 11) is 0. The number of carbonyl (C=O) groups is 1. The minimum absolute atomic E-state index is 0.134. The molecule has 0 saturated heterocycles. The summed E-state index contributed by atoms with van der Waals surface area (Å²) in [5.41, 5.74) is 3.02. The highest BCUT2D eigenvalue weighted by atomic mass is 32.2. The fourth-order valence-corrected chi connectivity index (χ4v) is 4.57. The number of anilines is 1. The van der Waals surface area contributed by atoms with Crippen molar-refractivity contribution in [3.05, 3.63) is 47.2 Å². The Morgan fingerprint density at radius 2 is 2.18 bits per heavy atom. The zero-order chi connectivity index (χ0) is 20.1. The van der Waals surface area contributed by atoms with E-state index >= 15 is 0 Å². The van der Waals surface area contributed by atoms with Crippen molar-refractivity contribution in [2.24, 2.45) is 5.92 Å². The molecule has 0 radical (unpaired) electrons. The number of nitrogens with one attached hydrogen (secondary N) is 1. The van der Waals surface area contributed by atoms with Gasteiger partial charge in [-0.1, -0.05) is 36.9 Å². The smallest absolute Gasteiger partial charge is 0.206 e. The van der Waals surface area contributed by atoms with Crippen molar-refractivity contribution in [3.63, 3.8) is 0 Å². The van der Waals surface area contributed by atoms with Crippen LogP contribution in [0.3, 0.4) is 0 Å². The third-order valence-corrected chi connectivity index (χ3v) is 6.55. The van der Waals surface area contributed by atoms with E-state index in [4.69, 9.17) is 4.42 Å².